The molecule has 2 aromatic carbocycles. The highest BCUT2D eigenvalue weighted by Crippen LogP contribution is 2.19. The van der Waals surface area contributed by atoms with E-state index in [4.69, 9.17) is 0 Å². The van der Waals surface area contributed by atoms with Gasteiger partial charge in [0.2, 0.25) is 10.0 Å². The molecule has 2 aromatic rings. The van der Waals surface area contributed by atoms with Gasteiger partial charge < -0.3 is 0 Å². The summed E-state index contributed by atoms with van der Waals surface area (Å²) in [5.74, 6) is 0.134. The summed E-state index contributed by atoms with van der Waals surface area (Å²) in [7, 11) is -3.15. The first-order chi connectivity index (χ1) is 8.62. The van der Waals surface area contributed by atoms with Crippen LogP contribution in [0.5, 0.6) is 0 Å². The number of rotatable bonds is 5. The average molecular weight is 263 g/mol. The molecule has 4 heteroatoms. The van der Waals surface area contributed by atoms with Crippen LogP contribution in [0.3, 0.4) is 0 Å². The number of nitrogens with one attached hydrogen (secondary N) is 1. The summed E-state index contributed by atoms with van der Waals surface area (Å²) < 4.78 is 25.8. The Hall–Kier alpha value is -1.39. The second-order valence-electron chi connectivity index (χ2n) is 4.21. The molecule has 0 bridgehead atoms. The molecule has 0 heterocycles. The first-order valence-corrected chi connectivity index (χ1v) is 7.71. The zero-order valence-corrected chi connectivity index (χ0v) is 11.2. The highest BCUT2D eigenvalue weighted by Gasteiger charge is 2.09. The Kier molecular flexibility index (Phi) is 3.99. The van der Waals surface area contributed by atoms with Crippen molar-refractivity contribution in [3.8, 4) is 0 Å². The van der Waals surface area contributed by atoms with E-state index in [1.54, 1.807) is 6.92 Å². The van der Waals surface area contributed by atoms with Crippen LogP contribution < -0.4 is 4.72 Å². The van der Waals surface area contributed by atoms with E-state index in [-0.39, 0.29) is 5.75 Å². The fraction of sp³-hybridized carbons (Fsp3) is 0.286. The van der Waals surface area contributed by atoms with Crippen LogP contribution in [0.2, 0.25) is 0 Å². The Balaban J connectivity index is 2.22. The Labute approximate surface area is 108 Å². The lowest BCUT2D eigenvalue weighted by Crippen LogP contribution is -2.26. The van der Waals surface area contributed by atoms with E-state index in [0.29, 0.717) is 13.0 Å². The van der Waals surface area contributed by atoms with Crippen molar-refractivity contribution in [2.75, 3.05) is 12.3 Å². The fourth-order valence-corrected chi connectivity index (χ4v) is 3.12. The van der Waals surface area contributed by atoms with Gasteiger partial charge in [-0.05, 0) is 22.8 Å². The second-order valence-corrected chi connectivity index (χ2v) is 6.13. The van der Waals surface area contributed by atoms with E-state index < -0.39 is 10.0 Å². The summed E-state index contributed by atoms with van der Waals surface area (Å²) in [6, 6.07) is 14.0. The van der Waals surface area contributed by atoms with E-state index in [2.05, 4.69) is 4.72 Å². The zero-order chi connectivity index (χ0) is 13.0. The van der Waals surface area contributed by atoms with Gasteiger partial charge in [0, 0.05) is 6.54 Å². The van der Waals surface area contributed by atoms with Crippen molar-refractivity contribution in [3.05, 3.63) is 48.0 Å². The van der Waals surface area contributed by atoms with Gasteiger partial charge in [-0.25, -0.2) is 13.1 Å². The van der Waals surface area contributed by atoms with Gasteiger partial charge in [-0.1, -0.05) is 49.4 Å². The standard InChI is InChI=1S/C14H17NO2S/c1-2-15-18(16,17)11-10-13-8-5-7-12-6-3-4-9-14(12)13/h3-9,15H,2,10-11H2,1H3. The molecule has 0 atom stereocenters. The third-order valence-electron chi connectivity index (χ3n) is 2.88. The van der Waals surface area contributed by atoms with Gasteiger partial charge in [-0.2, -0.15) is 0 Å². The van der Waals surface area contributed by atoms with Gasteiger partial charge in [-0.3, -0.25) is 0 Å². The number of hydrogen-bond donors (Lipinski definition) is 1. The van der Waals surface area contributed by atoms with E-state index in [9.17, 15) is 8.42 Å². The molecule has 0 aromatic heterocycles. The van der Waals surface area contributed by atoms with Gasteiger partial charge >= 0.3 is 0 Å². The normalized spacial score (nSPS) is 11.8. The van der Waals surface area contributed by atoms with Gasteiger partial charge in [0.15, 0.2) is 0 Å². The molecule has 0 unspecified atom stereocenters. The lowest BCUT2D eigenvalue weighted by molar-refractivity contribution is 0.583. The Morgan fingerprint density at radius 2 is 1.78 bits per heavy atom. The molecule has 0 saturated heterocycles. The summed E-state index contributed by atoms with van der Waals surface area (Å²) in [4.78, 5) is 0. The second kappa shape index (κ2) is 5.50. The summed E-state index contributed by atoms with van der Waals surface area (Å²) in [6.45, 7) is 2.23. The molecular formula is C14H17NO2S. The van der Waals surface area contributed by atoms with Crippen LogP contribution in [-0.2, 0) is 16.4 Å². The summed E-state index contributed by atoms with van der Waals surface area (Å²) in [5, 5.41) is 2.28. The predicted molar refractivity (Wildman–Crippen MR) is 75.1 cm³/mol. The molecule has 3 nitrogen and oxygen atoms in total. The van der Waals surface area contributed by atoms with Gasteiger partial charge in [0.05, 0.1) is 5.75 Å². The highest BCUT2D eigenvalue weighted by atomic mass is 32.2. The van der Waals surface area contributed by atoms with Crippen molar-refractivity contribution >= 4 is 20.8 Å². The largest absolute Gasteiger partial charge is 0.216 e. The Bertz CT molecular complexity index is 630. The quantitative estimate of drug-likeness (QED) is 0.900. The van der Waals surface area contributed by atoms with E-state index in [1.165, 1.54) is 0 Å². The molecule has 0 spiro atoms. The fourth-order valence-electron chi connectivity index (χ4n) is 2.05. The Morgan fingerprint density at radius 1 is 1.06 bits per heavy atom. The van der Waals surface area contributed by atoms with Crippen molar-refractivity contribution < 1.29 is 8.42 Å². The van der Waals surface area contributed by atoms with Crippen LogP contribution >= 0.6 is 0 Å². The monoisotopic (exact) mass is 263 g/mol. The topological polar surface area (TPSA) is 46.2 Å². The summed E-state index contributed by atoms with van der Waals surface area (Å²) in [6.07, 6.45) is 0.538. The van der Waals surface area contributed by atoms with Crippen LogP contribution in [0.25, 0.3) is 10.8 Å². The molecule has 0 aliphatic rings. The minimum atomic E-state index is -3.15. The first-order valence-electron chi connectivity index (χ1n) is 6.06. The van der Waals surface area contributed by atoms with Crippen LogP contribution in [0.4, 0.5) is 0 Å². The van der Waals surface area contributed by atoms with E-state index >= 15 is 0 Å². The van der Waals surface area contributed by atoms with E-state index in [1.807, 2.05) is 42.5 Å². The lowest BCUT2D eigenvalue weighted by Gasteiger charge is -2.07. The van der Waals surface area contributed by atoms with Crippen LogP contribution in [0, 0.1) is 0 Å². The number of aryl methyl sites for hydroxylation is 1. The van der Waals surface area contributed by atoms with Crippen molar-refractivity contribution in [1.29, 1.82) is 0 Å². The maximum atomic E-state index is 11.6. The summed E-state index contributed by atoms with van der Waals surface area (Å²) >= 11 is 0. The minimum Gasteiger partial charge on any atom is -0.216 e. The molecule has 18 heavy (non-hydrogen) atoms. The third kappa shape index (κ3) is 3.09. The van der Waals surface area contributed by atoms with Gasteiger partial charge in [0.1, 0.15) is 0 Å². The van der Waals surface area contributed by atoms with Crippen molar-refractivity contribution in [1.82, 2.24) is 4.72 Å². The zero-order valence-electron chi connectivity index (χ0n) is 10.4. The van der Waals surface area contributed by atoms with Crippen LogP contribution in [-0.4, -0.2) is 20.7 Å². The molecular weight excluding hydrogens is 246 g/mol. The molecule has 0 saturated carbocycles. The lowest BCUT2D eigenvalue weighted by atomic mass is 10.0. The molecule has 2 rings (SSSR count). The number of benzene rings is 2. The third-order valence-corrected chi connectivity index (χ3v) is 4.35. The maximum Gasteiger partial charge on any atom is 0.211 e. The molecule has 0 amide bonds. The van der Waals surface area contributed by atoms with Gasteiger partial charge in [-0.15, -0.1) is 0 Å². The minimum absolute atomic E-state index is 0.134. The SMILES string of the molecule is CCNS(=O)(=O)CCc1cccc2ccccc12. The molecule has 0 fully saturated rings. The predicted octanol–water partition coefficient (Wildman–Crippen LogP) is 2.32. The van der Waals surface area contributed by atoms with Crippen molar-refractivity contribution in [2.45, 2.75) is 13.3 Å². The number of sulfonamides is 1. The summed E-state index contributed by atoms with van der Waals surface area (Å²) in [5.41, 5.74) is 1.08. The van der Waals surface area contributed by atoms with Crippen LogP contribution in [0.15, 0.2) is 42.5 Å². The van der Waals surface area contributed by atoms with Gasteiger partial charge in [0.25, 0.3) is 0 Å². The number of fused-ring (bicyclic) bond motifs is 1. The maximum absolute atomic E-state index is 11.6. The highest BCUT2D eigenvalue weighted by molar-refractivity contribution is 7.89. The number of hydrogen-bond acceptors (Lipinski definition) is 2. The smallest absolute Gasteiger partial charge is 0.211 e. The van der Waals surface area contributed by atoms with Crippen molar-refractivity contribution in [3.63, 3.8) is 0 Å². The van der Waals surface area contributed by atoms with Crippen LogP contribution in [0.1, 0.15) is 12.5 Å². The Morgan fingerprint density at radius 3 is 2.56 bits per heavy atom. The van der Waals surface area contributed by atoms with E-state index in [0.717, 1.165) is 16.3 Å². The average Bonchev–Trinajstić information content (AvgIpc) is 2.36. The molecule has 0 aliphatic carbocycles. The molecule has 96 valence electrons. The molecule has 1 N–H and O–H groups in total. The molecule has 0 radical (unpaired) electrons. The first kappa shape index (κ1) is 13.1. The van der Waals surface area contributed by atoms with Crippen molar-refractivity contribution in [2.24, 2.45) is 0 Å². The molecule has 0 aliphatic heterocycles.